The van der Waals surface area contributed by atoms with E-state index in [4.69, 9.17) is 46.4 Å². The van der Waals surface area contributed by atoms with Gasteiger partial charge in [-0.1, -0.05) is 143 Å². The second-order valence-electron chi connectivity index (χ2n) is 13.8. The number of aromatic nitrogens is 2. The van der Waals surface area contributed by atoms with Crippen molar-refractivity contribution in [1.82, 2.24) is 9.13 Å². The second-order valence-corrected chi connectivity index (χ2v) is 18.2. The van der Waals surface area contributed by atoms with E-state index in [1.165, 1.54) is 21.6 Å². The van der Waals surface area contributed by atoms with Crippen LogP contribution in [0.5, 0.6) is 11.8 Å². The van der Waals surface area contributed by atoms with Gasteiger partial charge >= 0.3 is 0 Å². The van der Waals surface area contributed by atoms with E-state index in [2.05, 4.69) is 23.8 Å². The standard InChI is InChI=1S/C44H34Cl4N4O4S2/c1-3-5-31(51-39(25-11-19-29(47)20-12-25)35-33(43(51)55)37(49-41(35)53)23-7-15-27(45)16-8-23)57-58-32(6-4-2)52-40(26-13-21-30(48)22-14-26)36-34(44(52)56)38(50-42(36)54)24-9-17-28(46)18-10-24/h7-22,31-32,55-56H,3-6H2,1-2H3. The molecule has 2 amide bonds. The van der Waals surface area contributed by atoms with Crippen LogP contribution >= 0.6 is 68.0 Å². The highest BCUT2D eigenvalue weighted by atomic mass is 35.5. The van der Waals surface area contributed by atoms with Gasteiger partial charge in [0.15, 0.2) is 0 Å². The summed E-state index contributed by atoms with van der Waals surface area (Å²) in [5, 5.41) is 25.9. The van der Waals surface area contributed by atoms with E-state index in [9.17, 15) is 19.8 Å². The van der Waals surface area contributed by atoms with E-state index >= 15 is 0 Å². The molecular weight excluding hydrogens is 854 g/mol. The average molecular weight is 889 g/mol. The molecule has 8 nitrogen and oxygen atoms in total. The molecule has 0 aliphatic carbocycles. The van der Waals surface area contributed by atoms with Gasteiger partial charge in [-0.2, -0.15) is 0 Å². The summed E-state index contributed by atoms with van der Waals surface area (Å²) in [6.45, 7) is 4.13. The Balaban J connectivity index is 1.25. The molecule has 0 saturated carbocycles. The minimum atomic E-state index is -0.460. The first-order chi connectivity index (χ1) is 28.0. The lowest BCUT2D eigenvalue weighted by atomic mass is 10.0. The first-order valence-electron chi connectivity index (χ1n) is 18.6. The molecule has 4 heterocycles. The number of hydrogen-bond acceptors (Lipinski definition) is 6. The molecule has 0 spiro atoms. The zero-order chi connectivity index (χ0) is 40.8. The van der Waals surface area contributed by atoms with Crippen LogP contribution in [0.1, 0.15) is 93.2 Å². The Hall–Kier alpha value is -4.42. The number of carbonyl (C=O) groups is 2. The van der Waals surface area contributed by atoms with Crippen molar-refractivity contribution in [1.29, 1.82) is 0 Å². The van der Waals surface area contributed by atoms with E-state index in [1.54, 1.807) is 72.8 Å². The summed E-state index contributed by atoms with van der Waals surface area (Å²) in [4.78, 5) is 36.6. The van der Waals surface area contributed by atoms with Crippen LogP contribution in [-0.2, 0) is 0 Å². The maximum atomic E-state index is 13.9. The van der Waals surface area contributed by atoms with E-state index in [0.29, 0.717) is 100 Å². The zero-order valence-corrected chi connectivity index (χ0v) is 35.7. The Bertz CT molecular complexity index is 2450. The third-order valence-corrected chi connectivity index (χ3v) is 14.2. The van der Waals surface area contributed by atoms with E-state index in [-0.39, 0.29) is 11.8 Å². The van der Waals surface area contributed by atoms with Crippen molar-refractivity contribution in [3.8, 4) is 34.3 Å². The SMILES string of the molecule is CCCC(SSC(CCC)n1c(O)c2c(c1-c1ccc(Cl)cc1)C(=O)N=C2c1ccc(Cl)cc1)n1c(O)c2c(c1-c1ccc(Cl)cc1)C(=O)N=C2c1ccc(Cl)cc1. The second kappa shape index (κ2) is 16.7. The van der Waals surface area contributed by atoms with Gasteiger partial charge in [0.2, 0.25) is 11.8 Å². The van der Waals surface area contributed by atoms with E-state index in [1.807, 2.05) is 33.4 Å². The Morgan fingerprint density at radius 3 is 1.09 bits per heavy atom. The number of hydrogen-bond donors (Lipinski definition) is 2. The Morgan fingerprint density at radius 2 is 0.793 bits per heavy atom. The van der Waals surface area contributed by atoms with Crippen LogP contribution < -0.4 is 0 Å². The molecular formula is C44H34Cl4N4O4S2. The molecule has 0 fully saturated rings. The lowest BCUT2D eigenvalue weighted by Crippen LogP contribution is -2.11. The predicted octanol–water partition coefficient (Wildman–Crippen LogP) is 13.3. The van der Waals surface area contributed by atoms with Crippen LogP contribution in [0.25, 0.3) is 22.5 Å². The normalized spacial score (nSPS) is 14.4. The monoisotopic (exact) mass is 886 g/mol. The Kier molecular flexibility index (Phi) is 11.6. The van der Waals surface area contributed by atoms with Gasteiger partial charge in [-0.25, -0.2) is 9.98 Å². The fourth-order valence-corrected chi connectivity index (χ4v) is 11.4. The van der Waals surface area contributed by atoms with Crippen LogP contribution in [0.3, 0.4) is 0 Å². The fraction of sp³-hybridized carbons (Fsp3) is 0.182. The molecule has 2 unspecified atom stereocenters. The van der Waals surface area contributed by atoms with Gasteiger partial charge in [-0.3, -0.25) is 18.7 Å². The van der Waals surface area contributed by atoms with E-state index < -0.39 is 22.6 Å². The van der Waals surface area contributed by atoms with Crippen LogP contribution in [-0.4, -0.2) is 42.6 Å². The molecule has 58 heavy (non-hydrogen) atoms. The number of benzene rings is 4. The lowest BCUT2D eigenvalue weighted by molar-refractivity contribution is 0.0998. The number of amides is 2. The lowest BCUT2D eigenvalue weighted by Gasteiger charge is -2.26. The van der Waals surface area contributed by atoms with Gasteiger partial charge in [0.1, 0.15) is 0 Å². The van der Waals surface area contributed by atoms with Gasteiger partial charge in [-0.15, -0.1) is 0 Å². The molecule has 2 N–H and O–H groups in total. The van der Waals surface area contributed by atoms with Crippen molar-refractivity contribution in [2.24, 2.45) is 9.98 Å². The Morgan fingerprint density at radius 1 is 0.500 bits per heavy atom. The number of aliphatic imine (C=N–C) groups is 2. The highest BCUT2D eigenvalue weighted by Gasteiger charge is 2.40. The quantitative estimate of drug-likeness (QED) is 0.112. The molecule has 0 radical (unpaired) electrons. The molecule has 294 valence electrons. The number of rotatable bonds is 13. The molecule has 4 aromatic carbocycles. The average Bonchev–Trinajstić information content (AvgIpc) is 3.92. The molecule has 8 rings (SSSR count). The molecule has 2 atom stereocenters. The number of halogens is 4. The highest BCUT2D eigenvalue weighted by molar-refractivity contribution is 8.76. The van der Waals surface area contributed by atoms with Crippen molar-refractivity contribution >= 4 is 91.2 Å². The maximum Gasteiger partial charge on any atom is 0.280 e. The summed E-state index contributed by atoms with van der Waals surface area (Å²) in [5.41, 5.74) is 5.76. The van der Waals surface area contributed by atoms with Gasteiger partial charge in [0.25, 0.3) is 11.8 Å². The number of aromatic hydroxyl groups is 2. The van der Waals surface area contributed by atoms with Gasteiger partial charge in [0.05, 0.1) is 55.8 Å². The van der Waals surface area contributed by atoms with Gasteiger partial charge in [0, 0.05) is 31.2 Å². The molecule has 14 heteroatoms. The van der Waals surface area contributed by atoms with Gasteiger partial charge < -0.3 is 10.2 Å². The minimum Gasteiger partial charge on any atom is -0.494 e. The fourth-order valence-electron chi connectivity index (χ4n) is 7.48. The first kappa shape index (κ1) is 40.4. The van der Waals surface area contributed by atoms with Gasteiger partial charge in [-0.05, 0) is 72.5 Å². The number of fused-ring (bicyclic) bond motifs is 2. The third kappa shape index (κ3) is 7.29. The van der Waals surface area contributed by atoms with Crippen molar-refractivity contribution in [2.45, 2.75) is 50.3 Å². The highest BCUT2D eigenvalue weighted by Crippen LogP contribution is 2.54. The zero-order valence-electron chi connectivity index (χ0n) is 31.0. The van der Waals surface area contributed by atoms with Crippen LogP contribution in [0.2, 0.25) is 20.1 Å². The number of carbonyl (C=O) groups excluding carboxylic acids is 2. The van der Waals surface area contributed by atoms with Crippen molar-refractivity contribution in [2.75, 3.05) is 0 Å². The number of nitrogens with zero attached hydrogens (tertiary/aromatic N) is 4. The predicted molar refractivity (Wildman–Crippen MR) is 239 cm³/mol. The van der Waals surface area contributed by atoms with E-state index in [0.717, 1.165) is 12.8 Å². The van der Waals surface area contributed by atoms with Crippen molar-refractivity contribution in [3.05, 3.63) is 151 Å². The molecule has 2 aromatic heterocycles. The molecule has 2 aliphatic heterocycles. The first-order valence-corrected chi connectivity index (χ1v) is 22.4. The van der Waals surface area contributed by atoms with Crippen LogP contribution in [0.4, 0.5) is 0 Å². The summed E-state index contributed by atoms with van der Waals surface area (Å²) in [5.74, 6) is -1.09. The summed E-state index contributed by atoms with van der Waals surface area (Å²) in [7, 11) is 3.05. The molecule has 0 bridgehead atoms. The smallest absolute Gasteiger partial charge is 0.280 e. The molecule has 6 aromatic rings. The maximum absolute atomic E-state index is 13.9. The molecule has 0 saturated heterocycles. The topological polar surface area (TPSA) is 109 Å². The molecule has 2 aliphatic rings. The van der Waals surface area contributed by atoms with Crippen LogP contribution in [0, 0.1) is 0 Å². The largest absolute Gasteiger partial charge is 0.494 e. The van der Waals surface area contributed by atoms with Crippen LogP contribution in [0.15, 0.2) is 107 Å². The van der Waals surface area contributed by atoms with Crippen molar-refractivity contribution < 1.29 is 19.8 Å². The third-order valence-electron chi connectivity index (χ3n) is 10.1. The summed E-state index contributed by atoms with van der Waals surface area (Å²) < 4.78 is 3.65. The summed E-state index contributed by atoms with van der Waals surface area (Å²) >= 11 is 25.1. The summed E-state index contributed by atoms with van der Waals surface area (Å²) in [6, 6.07) is 28.3. The van der Waals surface area contributed by atoms with Crippen molar-refractivity contribution in [3.63, 3.8) is 0 Å². The Labute approximate surface area is 362 Å². The minimum absolute atomic E-state index is 0.0860. The summed E-state index contributed by atoms with van der Waals surface area (Å²) in [6.07, 6.45) is 2.73.